The third-order valence-corrected chi connectivity index (χ3v) is 2.34. The van der Waals surface area contributed by atoms with Crippen LogP contribution < -0.4 is 4.74 Å². The van der Waals surface area contributed by atoms with Gasteiger partial charge in [0.1, 0.15) is 17.2 Å². The number of hydrogen-bond donors (Lipinski definition) is 0. The molecule has 3 heteroatoms. The van der Waals surface area contributed by atoms with Gasteiger partial charge in [-0.05, 0) is 38.1 Å². The van der Waals surface area contributed by atoms with Crippen molar-refractivity contribution >= 4 is 0 Å². The Kier molecular flexibility index (Phi) is 2.95. The van der Waals surface area contributed by atoms with Crippen molar-refractivity contribution in [3.8, 4) is 17.0 Å². The molecule has 16 heavy (non-hydrogen) atoms. The molecule has 1 aromatic heterocycles. The van der Waals surface area contributed by atoms with Gasteiger partial charge in [-0.15, -0.1) is 0 Å². The molecular formula is C13H15NO2. The summed E-state index contributed by atoms with van der Waals surface area (Å²) in [5, 5.41) is 0. The fourth-order valence-electron chi connectivity index (χ4n) is 1.67. The summed E-state index contributed by atoms with van der Waals surface area (Å²) in [6, 6.07) is 7.88. The number of aryl methyl sites for hydroxylation is 2. The summed E-state index contributed by atoms with van der Waals surface area (Å²) in [4.78, 5) is 4.35. The van der Waals surface area contributed by atoms with E-state index < -0.39 is 0 Å². The zero-order valence-electron chi connectivity index (χ0n) is 9.78. The molecule has 0 amide bonds. The van der Waals surface area contributed by atoms with Gasteiger partial charge in [-0.3, -0.25) is 0 Å². The van der Waals surface area contributed by atoms with Crippen LogP contribution in [0.4, 0.5) is 0 Å². The van der Waals surface area contributed by atoms with Crippen molar-refractivity contribution in [2.24, 2.45) is 0 Å². The molecule has 84 valence electrons. The van der Waals surface area contributed by atoms with E-state index in [1.54, 1.807) is 0 Å². The summed E-state index contributed by atoms with van der Waals surface area (Å²) in [6.07, 6.45) is 0. The molecule has 1 heterocycles. The second-order valence-electron chi connectivity index (χ2n) is 3.60. The zero-order chi connectivity index (χ0) is 11.5. The number of ether oxygens (including phenoxy) is 1. The molecule has 0 atom stereocenters. The molecule has 0 radical (unpaired) electrons. The minimum absolute atomic E-state index is 0.682. The Morgan fingerprint density at radius 3 is 2.38 bits per heavy atom. The van der Waals surface area contributed by atoms with E-state index in [1.165, 1.54) is 0 Å². The van der Waals surface area contributed by atoms with E-state index in [9.17, 15) is 0 Å². The van der Waals surface area contributed by atoms with Gasteiger partial charge in [0.25, 0.3) is 0 Å². The van der Waals surface area contributed by atoms with Crippen molar-refractivity contribution in [2.45, 2.75) is 20.8 Å². The van der Waals surface area contributed by atoms with E-state index in [-0.39, 0.29) is 0 Å². The topological polar surface area (TPSA) is 35.3 Å². The predicted octanol–water partition coefficient (Wildman–Crippen LogP) is 3.36. The van der Waals surface area contributed by atoms with Gasteiger partial charge in [-0.2, -0.15) is 0 Å². The third-order valence-electron chi connectivity index (χ3n) is 2.34. The first-order valence-electron chi connectivity index (χ1n) is 5.38. The number of aromatic nitrogens is 1. The number of benzene rings is 1. The Bertz CT molecular complexity index is 471. The molecule has 0 saturated carbocycles. The number of nitrogens with zero attached hydrogens (tertiary/aromatic N) is 1. The number of oxazole rings is 1. The third kappa shape index (κ3) is 2.08. The molecule has 0 aliphatic heterocycles. The van der Waals surface area contributed by atoms with Gasteiger partial charge < -0.3 is 9.15 Å². The minimum atomic E-state index is 0.682. The molecule has 0 N–H and O–H groups in total. The highest BCUT2D eigenvalue weighted by molar-refractivity contribution is 5.61. The van der Waals surface area contributed by atoms with Gasteiger partial charge >= 0.3 is 0 Å². The lowest BCUT2D eigenvalue weighted by Gasteiger charge is -2.03. The number of hydrogen-bond acceptors (Lipinski definition) is 3. The van der Waals surface area contributed by atoms with E-state index in [0.29, 0.717) is 12.5 Å². The summed E-state index contributed by atoms with van der Waals surface area (Å²) < 4.78 is 10.8. The van der Waals surface area contributed by atoms with Crippen LogP contribution in [0.3, 0.4) is 0 Å². The summed E-state index contributed by atoms with van der Waals surface area (Å²) in [7, 11) is 0. The summed E-state index contributed by atoms with van der Waals surface area (Å²) in [6.45, 7) is 6.43. The first-order valence-corrected chi connectivity index (χ1v) is 5.38. The lowest BCUT2D eigenvalue weighted by molar-refractivity contribution is 0.340. The fourth-order valence-corrected chi connectivity index (χ4v) is 1.67. The Morgan fingerprint density at radius 1 is 1.19 bits per heavy atom. The molecular weight excluding hydrogens is 202 g/mol. The van der Waals surface area contributed by atoms with Crippen molar-refractivity contribution in [3.63, 3.8) is 0 Å². The van der Waals surface area contributed by atoms with Crippen LogP contribution in [0.2, 0.25) is 0 Å². The van der Waals surface area contributed by atoms with Crippen molar-refractivity contribution in [3.05, 3.63) is 35.9 Å². The average Bonchev–Trinajstić information content (AvgIpc) is 2.59. The van der Waals surface area contributed by atoms with Crippen LogP contribution in [0.1, 0.15) is 18.6 Å². The summed E-state index contributed by atoms with van der Waals surface area (Å²) >= 11 is 0. The van der Waals surface area contributed by atoms with E-state index >= 15 is 0 Å². The van der Waals surface area contributed by atoms with Crippen molar-refractivity contribution in [2.75, 3.05) is 6.61 Å². The molecule has 2 rings (SSSR count). The first-order chi connectivity index (χ1) is 7.70. The smallest absolute Gasteiger partial charge is 0.191 e. The van der Waals surface area contributed by atoms with Crippen LogP contribution in [0.25, 0.3) is 11.3 Å². The molecule has 3 nitrogen and oxygen atoms in total. The Labute approximate surface area is 95.1 Å². The molecule has 2 aromatic rings. The van der Waals surface area contributed by atoms with Gasteiger partial charge in [-0.1, -0.05) is 0 Å². The van der Waals surface area contributed by atoms with Crippen LogP contribution >= 0.6 is 0 Å². The molecule has 0 unspecified atom stereocenters. The molecule has 0 fully saturated rings. The standard InChI is InChI=1S/C13H15NO2/c1-4-15-12-7-5-11(6-8-12)13-9(2)16-10(3)14-13/h5-8H,4H2,1-3H3. The van der Waals surface area contributed by atoms with Crippen molar-refractivity contribution < 1.29 is 9.15 Å². The molecule has 0 bridgehead atoms. The van der Waals surface area contributed by atoms with E-state index in [4.69, 9.17) is 9.15 Å². The predicted molar refractivity (Wildman–Crippen MR) is 62.6 cm³/mol. The number of rotatable bonds is 3. The quantitative estimate of drug-likeness (QED) is 0.790. The van der Waals surface area contributed by atoms with Gasteiger partial charge in [-0.25, -0.2) is 4.98 Å². The second kappa shape index (κ2) is 4.39. The van der Waals surface area contributed by atoms with Gasteiger partial charge in [0.05, 0.1) is 6.61 Å². The highest BCUT2D eigenvalue weighted by Crippen LogP contribution is 2.25. The van der Waals surface area contributed by atoms with Crippen LogP contribution in [-0.2, 0) is 0 Å². The zero-order valence-corrected chi connectivity index (χ0v) is 9.78. The molecule has 0 aliphatic rings. The first kappa shape index (κ1) is 10.7. The van der Waals surface area contributed by atoms with Crippen LogP contribution in [-0.4, -0.2) is 11.6 Å². The van der Waals surface area contributed by atoms with Crippen LogP contribution in [0.5, 0.6) is 5.75 Å². The molecule has 1 aromatic carbocycles. The molecule has 0 aliphatic carbocycles. The summed E-state index contributed by atoms with van der Waals surface area (Å²) in [5.74, 6) is 2.42. The van der Waals surface area contributed by atoms with E-state index in [2.05, 4.69) is 4.98 Å². The maximum atomic E-state index is 5.40. The van der Waals surface area contributed by atoms with Crippen LogP contribution in [0, 0.1) is 13.8 Å². The van der Waals surface area contributed by atoms with Gasteiger partial charge in [0.2, 0.25) is 0 Å². The summed E-state index contributed by atoms with van der Waals surface area (Å²) in [5.41, 5.74) is 1.96. The lowest BCUT2D eigenvalue weighted by atomic mass is 10.1. The maximum absolute atomic E-state index is 5.40. The van der Waals surface area contributed by atoms with Gasteiger partial charge in [0, 0.05) is 12.5 Å². The van der Waals surface area contributed by atoms with Crippen molar-refractivity contribution in [1.82, 2.24) is 4.98 Å². The van der Waals surface area contributed by atoms with Gasteiger partial charge in [0.15, 0.2) is 5.89 Å². The average molecular weight is 217 g/mol. The van der Waals surface area contributed by atoms with Crippen LogP contribution in [0.15, 0.2) is 28.7 Å². The normalized spacial score (nSPS) is 10.4. The SMILES string of the molecule is CCOc1ccc(-c2nc(C)oc2C)cc1. The van der Waals surface area contributed by atoms with E-state index in [1.807, 2.05) is 45.0 Å². The Hall–Kier alpha value is -1.77. The van der Waals surface area contributed by atoms with Crippen molar-refractivity contribution in [1.29, 1.82) is 0 Å². The lowest BCUT2D eigenvalue weighted by Crippen LogP contribution is -1.90. The second-order valence-corrected chi connectivity index (χ2v) is 3.60. The molecule has 0 spiro atoms. The maximum Gasteiger partial charge on any atom is 0.191 e. The Morgan fingerprint density at radius 2 is 1.88 bits per heavy atom. The fraction of sp³-hybridized carbons (Fsp3) is 0.308. The highest BCUT2D eigenvalue weighted by atomic mass is 16.5. The highest BCUT2D eigenvalue weighted by Gasteiger charge is 2.08. The Balaban J connectivity index is 2.31. The molecule has 0 saturated heterocycles. The monoisotopic (exact) mass is 217 g/mol. The van der Waals surface area contributed by atoms with E-state index in [0.717, 1.165) is 22.8 Å². The largest absolute Gasteiger partial charge is 0.494 e. The minimum Gasteiger partial charge on any atom is -0.494 e.